The Hall–Kier alpha value is -0.170. The fourth-order valence-electron chi connectivity index (χ4n) is 2.64. The average molecular weight is 261 g/mol. The van der Waals surface area contributed by atoms with Crippen LogP contribution in [0.15, 0.2) is 0 Å². The van der Waals surface area contributed by atoms with Crippen LogP contribution >= 0.6 is 0 Å². The average Bonchev–Trinajstić information content (AvgIpc) is 2.84. The molecule has 2 atom stereocenters. The summed E-state index contributed by atoms with van der Waals surface area (Å²) in [6.45, 7) is 5.30. The Morgan fingerprint density at radius 2 is 2.00 bits per heavy atom. The molecule has 2 rings (SSSR count). The van der Waals surface area contributed by atoms with Gasteiger partial charge in [0.15, 0.2) is 0 Å². The highest BCUT2D eigenvalue weighted by atomic mass is 32.2. The Kier molecular flexibility index (Phi) is 4.41. The molecule has 0 amide bonds. The van der Waals surface area contributed by atoms with Gasteiger partial charge in [0.05, 0.1) is 0 Å². The monoisotopic (exact) mass is 261 g/mol. The van der Waals surface area contributed by atoms with Gasteiger partial charge in [0, 0.05) is 19.1 Å². The number of piperidine rings is 1. The smallest absolute Gasteiger partial charge is 0.279 e. The highest BCUT2D eigenvalue weighted by Gasteiger charge is 2.29. The lowest BCUT2D eigenvalue weighted by Gasteiger charge is -2.30. The van der Waals surface area contributed by atoms with Crippen molar-refractivity contribution in [2.75, 3.05) is 26.2 Å². The van der Waals surface area contributed by atoms with Crippen molar-refractivity contribution in [1.82, 2.24) is 14.3 Å². The summed E-state index contributed by atoms with van der Waals surface area (Å²) >= 11 is 0. The van der Waals surface area contributed by atoms with Gasteiger partial charge in [-0.3, -0.25) is 0 Å². The zero-order valence-corrected chi connectivity index (χ0v) is 11.3. The van der Waals surface area contributed by atoms with E-state index in [2.05, 4.69) is 10.0 Å². The van der Waals surface area contributed by atoms with Crippen molar-refractivity contribution in [3.8, 4) is 0 Å². The van der Waals surface area contributed by atoms with Crippen LogP contribution < -0.4 is 10.0 Å². The highest BCUT2D eigenvalue weighted by Crippen LogP contribution is 2.17. The summed E-state index contributed by atoms with van der Waals surface area (Å²) in [7, 11) is -3.25. The van der Waals surface area contributed by atoms with Crippen LogP contribution in [0.25, 0.3) is 0 Å². The number of hydrogen-bond acceptors (Lipinski definition) is 3. The number of nitrogens with one attached hydrogen (secondary N) is 2. The van der Waals surface area contributed by atoms with Crippen molar-refractivity contribution < 1.29 is 8.42 Å². The van der Waals surface area contributed by atoms with Gasteiger partial charge in [0.2, 0.25) is 0 Å². The molecule has 2 fully saturated rings. The van der Waals surface area contributed by atoms with E-state index in [1.54, 1.807) is 4.31 Å². The fraction of sp³-hybridized carbons (Fsp3) is 1.00. The van der Waals surface area contributed by atoms with Crippen LogP contribution in [0.3, 0.4) is 0 Å². The summed E-state index contributed by atoms with van der Waals surface area (Å²) in [6.07, 6.45) is 4.22. The normalized spacial score (nSPS) is 29.4. The van der Waals surface area contributed by atoms with Gasteiger partial charge in [-0.1, -0.05) is 0 Å². The van der Waals surface area contributed by atoms with Crippen LogP contribution in [-0.2, 0) is 10.2 Å². The molecule has 0 aromatic carbocycles. The van der Waals surface area contributed by atoms with E-state index in [4.69, 9.17) is 0 Å². The van der Waals surface area contributed by atoms with Crippen LogP contribution in [0, 0.1) is 5.92 Å². The van der Waals surface area contributed by atoms with E-state index in [0.717, 1.165) is 38.8 Å². The highest BCUT2D eigenvalue weighted by molar-refractivity contribution is 7.87. The van der Waals surface area contributed by atoms with E-state index in [0.29, 0.717) is 19.0 Å². The Morgan fingerprint density at radius 1 is 1.29 bits per heavy atom. The maximum Gasteiger partial charge on any atom is 0.279 e. The van der Waals surface area contributed by atoms with E-state index >= 15 is 0 Å². The Bertz CT molecular complexity index is 333. The lowest BCUT2D eigenvalue weighted by Crippen LogP contribution is -2.48. The van der Waals surface area contributed by atoms with Gasteiger partial charge in [-0.05, 0) is 51.6 Å². The standard InChI is InChI=1S/C11H23N3O2S/c1-10(11-5-4-6-12-9-11)13-17(15,16)14-7-2-3-8-14/h10-13H,2-9H2,1H3. The first-order valence-electron chi connectivity index (χ1n) is 6.58. The predicted octanol–water partition coefficient (Wildman–Crippen LogP) is 0.305. The maximum absolute atomic E-state index is 12.1. The molecule has 0 aromatic heterocycles. The van der Waals surface area contributed by atoms with Crippen molar-refractivity contribution in [1.29, 1.82) is 0 Å². The van der Waals surface area contributed by atoms with Gasteiger partial charge in [0.1, 0.15) is 0 Å². The molecule has 0 radical (unpaired) electrons. The zero-order valence-electron chi connectivity index (χ0n) is 10.5. The third-order valence-corrected chi connectivity index (χ3v) is 5.50. The summed E-state index contributed by atoms with van der Waals surface area (Å²) in [5.41, 5.74) is 0. The molecular weight excluding hydrogens is 238 g/mol. The minimum Gasteiger partial charge on any atom is -0.316 e. The minimum absolute atomic E-state index is 0.0217. The van der Waals surface area contributed by atoms with Crippen LogP contribution in [0.5, 0.6) is 0 Å². The fourth-order valence-corrected chi connectivity index (χ4v) is 4.19. The predicted molar refractivity (Wildman–Crippen MR) is 67.9 cm³/mol. The summed E-state index contributed by atoms with van der Waals surface area (Å²) in [6, 6.07) is 0.0217. The third kappa shape index (κ3) is 3.40. The summed E-state index contributed by atoms with van der Waals surface area (Å²) in [5, 5.41) is 3.32. The maximum atomic E-state index is 12.1. The van der Waals surface area contributed by atoms with Gasteiger partial charge in [-0.25, -0.2) is 0 Å². The largest absolute Gasteiger partial charge is 0.316 e. The first kappa shape index (κ1) is 13.3. The third-order valence-electron chi connectivity index (χ3n) is 3.78. The van der Waals surface area contributed by atoms with E-state index in [9.17, 15) is 8.42 Å². The lowest BCUT2D eigenvalue weighted by atomic mass is 9.94. The Balaban J connectivity index is 1.90. The molecule has 2 saturated heterocycles. The molecule has 0 bridgehead atoms. The van der Waals surface area contributed by atoms with Gasteiger partial charge >= 0.3 is 0 Å². The Morgan fingerprint density at radius 3 is 2.59 bits per heavy atom. The second-order valence-corrected chi connectivity index (χ2v) is 6.83. The molecule has 6 heteroatoms. The molecule has 0 aromatic rings. The summed E-state index contributed by atoms with van der Waals surface area (Å²) in [5.74, 6) is 0.418. The second-order valence-electron chi connectivity index (χ2n) is 5.12. The molecule has 0 aliphatic carbocycles. The number of rotatable bonds is 4. The second kappa shape index (κ2) is 5.65. The van der Waals surface area contributed by atoms with E-state index in [-0.39, 0.29) is 6.04 Å². The first-order chi connectivity index (χ1) is 8.09. The molecule has 2 unspecified atom stereocenters. The van der Waals surface area contributed by atoms with Crippen molar-refractivity contribution in [3.63, 3.8) is 0 Å². The van der Waals surface area contributed by atoms with Gasteiger partial charge in [0.25, 0.3) is 10.2 Å². The van der Waals surface area contributed by atoms with E-state index in [1.807, 2.05) is 6.92 Å². The Labute approximate surface area is 104 Å². The first-order valence-corrected chi connectivity index (χ1v) is 8.02. The number of hydrogen-bond donors (Lipinski definition) is 2. The molecule has 0 saturated carbocycles. The molecule has 2 aliphatic heterocycles. The minimum atomic E-state index is -3.25. The summed E-state index contributed by atoms with van der Waals surface area (Å²) in [4.78, 5) is 0. The molecule has 5 nitrogen and oxygen atoms in total. The van der Waals surface area contributed by atoms with Crippen LogP contribution in [0.4, 0.5) is 0 Å². The quantitative estimate of drug-likeness (QED) is 0.765. The molecule has 0 spiro atoms. The zero-order chi connectivity index (χ0) is 12.3. The molecule has 2 N–H and O–H groups in total. The van der Waals surface area contributed by atoms with Crippen molar-refractivity contribution >= 4 is 10.2 Å². The molecule has 17 heavy (non-hydrogen) atoms. The number of nitrogens with zero attached hydrogens (tertiary/aromatic N) is 1. The van der Waals surface area contributed by atoms with Gasteiger partial charge < -0.3 is 5.32 Å². The van der Waals surface area contributed by atoms with E-state index < -0.39 is 10.2 Å². The van der Waals surface area contributed by atoms with Crippen LogP contribution in [0.2, 0.25) is 0 Å². The summed E-state index contributed by atoms with van der Waals surface area (Å²) < 4.78 is 28.6. The lowest BCUT2D eigenvalue weighted by molar-refractivity contribution is 0.315. The molecular formula is C11H23N3O2S. The topological polar surface area (TPSA) is 61.4 Å². The SMILES string of the molecule is CC(NS(=O)(=O)N1CCCC1)C1CCCNC1. The van der Waals surface area contributed by atoms with Gasteiger partial charge in [-0.2, -0.15) is 17.4 Å². The van der Waals surface area contributed by atoms with Crippen molar-refractivity contribution in [3.05, 3.63) is 0 Å². The molecule has 2 aliphatic rings. The molecule has 2 heterocycles. The van der Waals surface area contributed by atoms with Crippen molar-refractivity contribution in [2.24, 2.45) is 5.92 Å². The van der Waals surface area contributed by atoms with E-state index in [1.165, 1.54) is 0 Å². The van der Waals surface area contributed by atoms with Crippen LogP contribution in [-0.4, -0.2) is 44.9 Å². The molecule has 100 valence electrons. The van der Waals surface area contributed by atoms with Crippen molar-refractivity contribution in [2.45, 2.75) is 38.6 Å². The van der Waals surface area contributed by atoms with Gasteiger partial charge in [-0.15, -0.1) is 0 Å². The van der Waals surface area contributed by atoms with Crippen LogP contribution in [0.1, 0.15) is 32.6 Å².